The maximum atomic E-state index is 12.8. The van der Waals surface area contributed by atoms with Gasteiger partial charge in [0.1, 0.15) is 11.4 Å². The topological polar surface area (TPSA) is 66.8 Å². The van der Waals surface area contributed by atoms with E-state index < -0.39 is 5.60 Å². The maximum Gasteiger partial charge on any atom is 0.141 e. The normalized spacial score (nSPS) is 41.7. The van der Waals surface area contributed by atoms with Crippen LogP contribution in [0.5, 0.6) is 0 Å². The minimum Gasteiger partial charge on any atom is -0.393 e. The summed E-state index contributed by atoms with van der Waals surface area (Å²) in [5.74, 6) is 1.93. The Morgan fingerprint density at radius 3 is 2.53 bits per heavy atom. The van der Waals surface area contributed by atoms with E-state index in [0.29, 0.717) is 30.0 Å². The first-order valence-electron chi connectivity index (χ1n) is 13.4. The summed E-state index contributed by atoms with van der Waals surface area (Å²) in [5, 5.41) is 18.6. The molecule has 0 amide bonds. The van der Waals surface area contributed by atoms with Crippen molar-refractivity contribution in [3.63, 3.8) is 0 Å². The lowest BCUT2D eigenvalue weighted by atomic mass is 9.44. The van der Waals surface area contributed by atoms with Gasteiger partial charge < -0.3 is 5.11 Å². The number of aliphatic hydroxyl groups is 1. The predicted octanol–water partition coefficient (Wildman–Crippen LogP) is 6.90. The van der Waals surface area contributed by atoms with Crippen LogP contribution in [-0.2, 0) is 9.68 Å². The summed E-state index contributed by atoms with van der Waals surface area (Å²) in [5.41, 5.74) is 2.30. The highest BCUT2D eigenvalue weighted by Crippen LogP contribution is 2.71. The zero-order valence-electron chi connectivity index (χ0n) is 22.4. The Bertz CT molecular complexity index is 922. The van der Waals surface area contributed by atoms with Gasteiger partial charge in [0.15, 0.2) is 0 Å². The average Bonchev–Trinajstić information content (AvgIpc) is 3.08. The highest BCUT2D eigenvalue weighted by atomic mass is 17.1. The molecule has 4 aliphatic carbocycles. The van der Waals surface area contributed by atoms with E-state index in [-0.39, 0.29) is 28.3 Å². The Morgan fingerprint density at radius 2 is 1.88 bits per heavy atom. The molecule has 4 aliphatic rings. The van der Waals surface area contributed by atoms with Gasteiger partial charge >= 0.3 is 0 Å². The van der Waals surface area contributed by atoms with Gasteiger partial charge in [-0.2, -0.15) is 0 Å². The van der Waals surface area contributed by atoms with Gasteiger partial charge in [-0.25, -0.2) is 4.89 Å². The van der Waals surface area contributed by atoms with Crippen LogP contribution in [0, 0.1) is 39.4 Å². The summed E-state index contributed by atoms with van der Waals surface area (Å²) >= 11 is 0. The minimum absolute atomic E-state index is 0.0946. The zero-order valence-corrected chi connectivity index (χ0v) is 22.4. The molecule has 4 heteroatoms. The average molecular weight is 471 g/mol. The van der Waals surface area contributed by atoms with Gasteiger partial charge in [-0.1, -0.05) is 65.8 Å². The number of carbonyl (C=O) groups is 1. The second-order valence-electron chi connectivity index (χ2n) is 13.4. The maximum absolute atomic E-state index is 12.8. The Kier molecular flexibility index (Phi) is 6.40. The van der Waals surface area contributed by atoms with Gasteiger partial charge in [0, 0.05) is 11.8 Å². The first-order chi connectivity index (χ1) is 15.8. The van der Waals surface area contributed by atoms with Crippen LogP contribution < -0.4 is 0 Å². The standard InChI is InChI=1S/C30H46O4/c1-20(9-8-15-27(4,19-31)34-33)21-12-17-30(7)23-10-11-24-26(2,3)25(32)14-16-28(24,5)22(23)13-18-29(21,30)6/h8,10,13,15,20-21,24,31,33H,9,11-12,14,16-19H2,1-7H3/b15-8+/t20-,21-,24?,27?,28-,29-,30+/m1/s1. The summed E-state index contributed by atoms with van der Waals surface area (Å²) < 4.78 is 0. The summed E-state index contributed by atoms with van der Waals surface area (Å²) in [4.78, 5) is 17.3. The third-order valence-electron chi connectivity index (χ3n) is 11.2. The van der Waals surface area contributed by atoms with E-state index in [9.17, 15) is 9.90 Å². The number of hydrogen-bond acceptors (Lipinski definition) is 4. The van der Waals surface area contributed by atoms with Crippen molar-refractivity contribution in [1.82, 2.24) is 0 Å². The Hall–Kier alpha value is -1.23. The van der Waals surface area contributed by atoms with Crippen LogP contribution in [0.4, 0.5) is 0 Å². The van der Waals surface area contributed by atoms with Crippen molar-refractivity contribution in [2.75, 3.05) is 6.61 Å². The fraction of sp³-hybridized carbons (Fsp3) is 0.767. The van der Waals surface area contributed by atoms with E-state index >= 15 is 0 Å². The molecule has 34 heavy (non-hydrogen) atoms. The molecule has 0 saturated heterocycles. The molecule has 4 rings (SSSR count). The second kappa shape index (κ2) is 8.42. The number of rotatable bonds is 6. The van der Waals surface area contributed by atoms with Crippen LogP contribution in [0.2, 0.25) is 0 Å². The lowest BCUT2D eigenvalue weighted by Gasteiger charge is -2.59. The molecule has 4 nitrogen and oxygen atoms in total. The van der Waals surface area contributed by atoms with Crippen LogP contribution in [0.3, 0.4) is 0 Å². The molecule has 0 bridgehead atoms. The van der Waals surface area contributed by atoms with E-state index in [2.05, 4.69) is 64.7 Å². The molecular formula is C30H46O4. The van der Waals surface area contributed by atoms with Gasteiger partial charge in [-0.15, -0.1) is 0 Å². The van der Waals surface area contributed by atoms with Crippen LogP contribution >= 0.6 is 0 Å². The van der Waals surface area contributed by atoms with Crippen LogP contribution in [-0.4, -0.2) is 28.4 Å². The summed E-state index contributed by atoms with van der Waals surface area (Å²) in [7, 11) is 0. The Morgan fingerprint density at radius 1 is 1.18 bits per heavy atom. The highest BCUT2D eigenvalue weighted by Gasteiger charge is 2.63. The first kappa shape index (κ1) is 25.9. The minimum atomic E-state index is -1.04. The van der Waals surface area contributed by atoms with Crippen molar-refractivity contribution in [3.8, 4) is 0 Å². The third kappa shape index (κ3) is 3.54. The predicted molar refractivity (Wildman–Crippen MR) is 136 cm³/mol. The van der Waals surface area contributed by atoms with E-state index in [1.807, 2.05) is 0 Å². The van der Waals surface area contributed by atoms with Crippen molar-refractivity contribution in [2.45, 2.75) is 99.0 Å². The molecule has 2 saturated carbocycles. The van der Waals surface area contributed by atoms with Crippen molar-refractivity contribution >= 4 is 5.78 Å². The van der Waals surface area contributed by atoms with E-state index in [4.69, 9.17) is 5.26 Å². The van der Waals surface area contributed by atoms with Crippen molar-refractivity contribution < 1.29 is 20.0 Å². The number of hydrogen-bond donors (Lipinski definition) is 2. The molecule has 0 spiro atoms. The lowest BCUT2D eigenvalue weighted by molar-refractivity contribution is -0.309. The molecule has 2 unspecified atom stereocenters. The van der Waals surface area contributed by atoms with Gasteiger partial charge in [-0.05, 0) is 90.6 Å². The second-order valence-corrected chi connectivity index (χ2v) is 13.4. The van der Waals surface area contributed by atoms with E-state index in [0.717, 1.165) is 25.7 Å². The van der Waals surface area contributed by atoms with Gasteiger partial charge in [0.2, 0.25) is 0 Å². The van der Waals surface area contributed by atoms with Crippen LogP contribution in [0.1, 0.15) is 93.4 Å². The van der Waals surface area contributed by atoms with Crippen LogP contribution in [0.25, 0.3) is 0 Å². The monoisotopic (exact) mass is 470 g/mol. The smallest absolute Gasteiger partial charge is 0.141 e. The van der Waals surface area contributed by atoms with Gasteiger partial charge in [0.25, 0.3) is 0 Å². The fourth-order valence-corrected chi connectivity index (χ4v) is 8.57. The molecule has 2 N–H and O–H groups in total. The lowest BCUT2D eigenvalue weighted by Crippen LogP contribution is -2.53. The Balaban J connectivity index is 1.61. The molecule has 190 valence electrons. The molecule has 0 aliphatic heterocycles. The zero-order chi connectivity index (χ0) is 25.2. The number of carbonyl (C=O) groups excluding carboxylic acids is 1. The molecular weight excluding hydrogens is 424 g/mol. The molecule has 0 aromatic heterocycles. The van der Waals surface area contributed by atoms with Gasteiger partial charge in [-0.3, -0.25) is 10.1 Å². The van der Waals surface area contributed by atoms with E-state index in [1.165, 1.54) is 12.8 Å². The number of Topliss-reactive ketones (excluding diaryl/α,β-unsaturated/α-hetero) is 1. The van der Waals surface area contributed by atoms with E-state index in [1.54, 1.807) is 24.1 Å². The molecule has 0 aromatic rings. The fourth-order valence-electron chi connectivity index (χ4n) is 8.57. The quantitative estimate of drug-likeness (QED) is 0.252. The summed E-state index contributed by atoms with van der Waals surface area (Å²) in [6.07, 6.45) is 16.1. The highest BCUT2D eigenvalue weighted by molar-refractivity contribution is 5.86. The molecule has 2 fully saturated rings. The third-order valence-corrected chi connectivity index (χ3v) is 11.2. The number of ketones is 1. The summed E-state index contributed by atoms with van der Waals surface area (Å²) in [6, 6.07) is 0. The molecule has 0 heterocycles. The van der Waals surface area contributed by atoms with Gasteiger partial charge in [0.05, 0.1) is 6.61 Å². The van der Waals surface area contributed by atoms with Crippen molar-refractivity contribution in [3.05, 3.63) is 35.5 Å². The number of fused-ring (bicyclic) bond motifs is 5. The largest absolute Gasteiger partial charge is 0.393 e. The Labute approximate surface area is 206 Å². The van der Waals surface area contributed by atoms with Crippen molar-refractivity contribution in [1.29, 1.82) is 0 Å². The van der Waals surface area contributed by atoms with Crippen molar-refractivity contribution in [2.24, 2.45) is 39.4 Å². The number of aliphatic hydroxyl groups excluding tert-OH is 1. The molecule has 0 radical (unpaired) electrons. The molecule has 7 atom stereocenters. The first-order valence-corrected chi connectivity index (χ1v) is 13.4. The number of allylic oxidation sites excluding steroid dienone is 5. The van der Waals surface area contributed by atoms with Crippen LogP contribution in [0.15, 0.2) is 35.5 Å². The SMILES string of the molecule is C[C@H](C/C=C/C(C)(CO)OO)[C@H]1CC[C@@]2(C)C3=CCC4C(C)(C)C(=O)CC[C@]4(C)C3=CC[C@]12C. The summed E-state index contributed by atoms with van der Waals surface area (Å²) in [6.45, 7) is 15.6. The molecule has 0 aromatic carbocycles.